The van der Waals surface area contributed by atoms with E-state index in [-0.39, 0.29) is 11.8 Å². The van der Waals surface area contributed by atoms with Crippen molar-refractivity contribution in [1.29, 1.82) is 0 Å². The van der Waals surface area contributed by atoms with Gasteiger partial charge in [0.2, 0.25) is 11.8 Å². The van der Waals surface area contributed by atoms with Gasteiger partial charge in [0.25, 0.3) is 0 Å². The van der Waals surface area contributed by atoms with Crippen LogP contribution in [0.3, 0.4) is 0 Å². The highest BCUT2D eigenvalue weighted by Gasteiger charge is 2.27. The Kier molecular flexibility index (Phi) is 4.54. The average Bonchev–Trinajstić information content (AvgIpc) is 2.39. The molecule has 108 valence electrons. The van der Waals surface area contributed by atoms with E-state index < -0.39 is 6.04 Å². The summed E-state index contributed by atoms with van der Waals surface area (Å²) in [5, 5.41) is 5.75. The first kappa shape index (κ1) is 14.7. The first-order valence-electron chi connectivity index (χ1n) is 6.64. The van der Waals surface area contributed by atoms with Crippen LogP contribution in [0.5, 0.6) is 0 Å². The Morgan fingerprint density at radius 1 is 1.40 bits per heavy atom. The molecule has 1 atom stereocenters. The van der Waals surface area contributed by atoms with E-state index in [0.29, 0.717) is 35.2 Å². The lowest BCUT2D eigenvalue weighted by Crippen LogP contribution is -2.47. The lowest BCUT2D eigenvalue weighted by molar-refractivity contribution is -0.133. The highest BCUT2D eigenvalue weighted by atomic mass is 35.5. The minimum atomic E-state index is -0.466. The van der Waals surface area contributed by atoms with Crippen molar-refractivity contribution in [1.82, 2.24) is 15.3 Å². The molecule has 1 aliphatic heterocycles. The summed E-state index contributed by atoms with van der Waals surface area (Å²) < 4.78 is 0. The Morgan fingerprint density at radius 2 is 2.15 bits per heavy atom. The fourth-order valence-corrected chi connectivity index (χ4v) is 2.19. The summed E-state index contributed by atoms with van der Waals surface area (Å²) in [4.78, 5) is 31.5. The predicted octanol–water partition coefficient (Wildman–Crippen LogP) is 1.61. The van der Waals surface area contributed by atoms with Crippen LogP contribution in [0.25, 0.3) is 0 Å². The van der Waals surface area contributed by atoms with Crippen LogP contribution in [0, 0.1) is 6.92 Å². The molecule has 0 saturated carbocycles. The van der Waals surface area contributed by atoms with Gasteiger partial charge >= 0.3 is 0 Å². The maximum atomic E-state index is 11.7. The van der Waals surface area contributed by atoms with E-state index in [9.17, 15) is 9.59 Å². The summed E-state index contributed by atoms with van der Waals surface area (Å²) in [6.07, 6.45) is 2.42. The number of rotatable bonds is 4. The van der Waals surface area contributed by atoms with Gasteiger partial charge in [-0.05, 0) is 19.8 Å². The van der Waals surface area contributed by atoms with Crippen molar-refractivity contribution >= 4 is 29.2 Å². The Hall–Kier alpha value is -1.69. The van der Waals surface area contributed by atoms with Crippen molar-refractivity contribution in [2.75, 3.05) is 5.32 Å². The molecule has 1 fully saturated rings. The molecule has 0 spiro atoms. The second-order valence-electron chi connectivity index (χ2n) is 4.80. The lowest BCUT2D eigenvalue weighted by Gasteiger charge is -2.23. The summed E-state index contributed by atoms with van der Waals surface area (Å²) in [6.45, 7) is 3.83. The molecule has 1 aromatic heterocycles. The van der Waals surface area contributed by atoms with Crippen LogP contribution in [0.1, 0.15) is 37.6 Å². The SMILES string of the molecule is CCCc1nc(Cl)c(C)c(NC2CCC(=O)NC2=O)n1. The zero-order valence-electron chi connectivity index (χ0n) is 11.5. The summed E-state index contributed by atoms with van der Waals surface area (Å²) in [5.74, 6) is 0.644. The second kappa shape index (κ2) is 6.17. The van der Waals surface area contributed by atoms with Crippen LogP contribution in [-0.4, -0.2) is 27.8 Å². The number of hydrogen-bond acceptors (Lipinski definition) is 5. The van der Waals surface area contributed by atoms with E-state index in [0.717, 1.165) is 12.8 Å². The number of imide groups is 1. The molecule has 2 amide bonds. The molecule has 7 heteroatoms. The number of halogens is 1. The van der Waals surface area contributed by atoms with Crippen molar-refractivity contribution in [2.24, 2.45) is 0 Å². The van der Waals surface area contributed by atoms with Crippen molar-refractivity contribution in [3.05, 3.63) is 16.5 Å². The van der Waals surface area contributed by atoms with Gasteiger partial charge < -0.3 is 5.32 Å². The second-order valence-corrected chi connectivity index (χ2v) is 5.16. The fraction of sp³-hybridized carbons (Fsp3) is 0.538. The number of piperidine rings is 1. The van der Waals surface area contributed by atoms with E-state index in [1.54, 1.807) is 6.92 Å². The highest BCUT2D eigenvalue weighted by molar-refractivity contribution is 6.30. The first-order valence-corrected chi connectivity index (χ1v) is 7.02. The maximum Gasteiger partial charge on any atom is 0.249 e. The molecular formula is C13H17ClN4O2. The minimum absolute atomic E-state index is 0.239. The third-order valence-electron chi connectivity index (χ3n) is 3.16. The number of carbonyl (C=O) groups excluding carboxylic acids is 2. The Bertz CT molecular complexity index is 547. The van der Waals surface area contributed by atoms with Crippen molar-refractivity contribution in [3.63, 3.8) is 0 Å². The Balaban J connectivity index is 2.19. The van der Waals surface area contributed by atoms with Crippen molar-refractivity contribution < 1.29 is 9.59 Å². The molecule has 0 radical (unpaired) electrons. The quantitative estimate of drug-likeness (QED) is 0.651. The van der Waals surface area contributed by atoms with Gasteiger partial charge in [-0.15, -0.1) is 0 Å². The number of amides is 2. The predicted molar refractivity (Wildman–Crippen MR) is 75.6 cm³/mol. The lowest BCUT2D eigenvalue weighted by atomic mass is 10.1. The van der Waals surface area contributed by atoms with Gasteiger partial charge in [0, 0.05) is 18.4 Å². The summed E-state index contributed by atoms with van der Waals surface area (Å²) in [7, 11) is 0. The number of aryl methyl sites for hydroxylation is 1. The van der Waals surface area contributed by atoms with Crippen LogP contribution in [0.15, 0.2) is 0 Å². The first-order chi connectivity index (χ1) is 9.51. The van der Waals surface area contributed by atoms with Crippen LogP contribution in [0.4, 0.5) is 5.82 Å². The van der Waals surface area contributed by atoms with E-state index in [2.05, 4.69) is 20.6 Å². The molecule has 1 unspecified atom stereocenters. The molecular weight excluding hydrogens is 280 g/mol. The van der Waals surface area contributed by atoms with Gasteiger partial charge in [-0.2, -0.15) is 0 Å². The van der Waals surface area contributed by atoms with E-state index in [4.69, 9.17) is 11.6 Å². The molecule has 1 aliphatic rings. The molecule has 2 rings (SSSR count). The topological polar surface area (TPSA) is 84.0 Å². The Morgan fingerprint density at radius 3 is 2.80 bits per heavy atom. The van der Waals surface area contributed by atoms with Gasteiger partial charge in [-0.25, -0.2) is 9.97 Å². The molecule has 2 N–H and O–H groups in total. The van der Waals surface area contributed by atoms with Gasteiger partial charge in [0.1, 0.15) is 22.8 Å². The fourth-order valence-electron chi connectivity index (χ4n) is 2.01. The normalized spacial score (nSPS) is 18.9. The van der Waals surface area contributed by atoms with Crippen LogP contribution in [-0.2, 0) is 16.0 Å². The number of nitrogens with one attached hydrogen (secondary N) is 2. The van der Waals surface area contributed by atoms with Crippen LogP contribution < -0.4 is 10.6 Å². The molecule has 0 aromatic carbocycles. The summed E-state index contributed by atoms with van der Waals surface area (Å²) in [6, 6.07) is -0.466. The smallest absolute Gasteiger partial charge is 0.249 e. The van der Waals surface area contributed by atoms with Gasteiger partial charge in [-0.3, -0.25) is 14.9 Å². The van der Waals surface area contributed by atoms with Gasteiger partial charge in [-0.1, -0.05) is 18.5 Å². The molecule has 20 heavy (non-hydrogen) atoms. The van der Waals surface area contributed by atoms with E-state index in [1.807, 2.05) is 6.92 Å². The number of hydrogen-bond donors (Lipinski definition) is 2. The maximum absolute atomic E-state index is 11.7. The molecule has 1 saturated heterocycles. The number of carbonyl (C=O) groups is 2. The number of nitrogens with zero attached hydrogens (tertiary/aromatic N) is 2. The highest BCUT2D eigenvalue weighted by Crippen LogP contribution is 2.22. The molecule has 2 heterocycles. The zero-order valence-corrected chi connectivity index (χ0v) is 12.3. The third-order valence-corrected chi connectivity index (χ3v) is 3.52. The number of aromatic nitrogens is 2. The van der Waals surface area contributed by atoms with Crippen LogP contribution >= 0.6 is 11.6 Å². The molecule has 6 nitrogen and oxygen atoms in total. The summed E-state index contributed by atoms with van der Waals surface area (Å²) in [5.41, 5.74) is 0.705. The van der Waals surface area contributed by atoms with E-state index in [1.165, 1.54) is 0 Å². The molecule has 0 bridgehead atoms. The van der Waals surface area contributed by atoms with Gasteiger partial charge in [0.05, 0.1) is 0 Å². The standard InChI is InChI=1S/C13H17ClN4O2/c1-3-4-9-16-11(14)7(2)12(17-9)15-8-5-6-10(19)18-13(8)20/h8H,3-6H2,1-2H3,(H,15,16,17)(H,18,19,20). The Labute approximate surface area is 122 Å². The minimum Gasteiger partial charge on any atom is -0.358 e. The third kappa shape index (κ3) is 3.25. The zero-order chi connectivity index (χ0) is 14.7. The van der Waals surface area contributed by atoms with Crippen LogP contribution in [0.2, 0.25) is 5.15 Å². The molecule has 1 aromatic rings. The van der Waals surface area contributed by atoms with E-state index >= 15 is 0 Å². The summed E-state index contributed by atoms with van der Waals surface area (Å²) >= 11 is 6.09. The number of anilines is 1. The van der Waals surface area contributed by atoms with Crippen molar-refractivity contribution in [3.8, 4) is 0 Å². The monoisotopic (exact) mass is 296 g/mol. The van der Waals surface area contributed by atoms with Gasteiger partial charge in [0.15, 0.2) is 0 Å². The van der Waals surface area contributed by atoms with Crippen molar-refractivity contribution in [2.45, 2.75) is 45.6 Å². The average molecular weight is 297 g/mol. The largest absolute Gasteiger partial charge is 0.358 e. The molecule has 0 aliphatic carbocycles.